The van der Waals surface area contributed by atoms with Crippen LogP contribution < -0.4 is 5.32 Å². The molecule has 5 heteroatoms. The molecular weight excluding hydrogens is 284 g/mol. The molecule has 1 heterocycles. The fraction of sp³-hybridized carbons (Fsp3) is 0.375. The zero-order valence-corrected chi connectivity index (χ0v) is 12.7. The van der Waals surface area contributed by atoms with Crippen LogP contribution in [0.15, 0.2) is 35.7 Å². The molecule has 1 aliphatic rings. The molecule has 0 saturated carbocycles. The number of hydrogen-bond donors (Lipinski definition) is 1. The maximum absolute atomic E-state index is 11.2. The van der Waals surface area contributed by atoms with E-state index in [1.165, 1.54) is 16.9 Å². The number of nitrogens with one attached hydrogen (secondary N) is 1. The lowest BCUT2D eigenvalue weighted by Crippen LogP contribution is -2.27. The Balaban J connectivity index is 1.82. The summed E-state index contributed by atoms with van der Waals surface area (Å²) in [5, 5.41) is 16.9. The molecule has 0 spiro atoms. The van der Waals surface area contributed by atoms with Crippen LogP contribution in [0.1, 0.15) is 47.9 Å². The second kappa shape index (κ2) is 5.95. The standard InChI is InChI=1S/C16H18N2O2S/c1-11(12-5-2-3-7-15(12)18(19)20)17-14-6-4-8-16-13(14)9-10-21-16/h2-3,5,7,9-11,14,17H,4,6,8H2,1H3. The highest BCUT2D eigenvalue weighted by Gasteiger charge is 2.25. The fourth-order valence-electron chi connectivity index (χ4n) is 3.07. The second-order valence-corrected chi connectivity index (χ2v) is 6.45. The number of hydrogen-bond acceptors (Lipinski definition) is 4. The molecule has 0 bridgehead atoms. The van der Waals surface area contributed by atoms with Gasteiger partial charge in [0.2, 0.25) is 0 Å². The van der Waals surface area contributed by atoms with Crippen molar-refractivity contribution in [3.63, 3.8) is 0 Å². The van der Waals surface area contributed by atoms with Crippen molar-refractivity contribution in [2.75, 3.05) is 0 Å². The molecule has 3 rings (SSSR count). The predicted molar refractivity (Wildman–Crippen MR) is 84.6 cm³/mol. The van der Waals surface area contributed by atoms with Gasteiger partial charge in [0.1, 0.15) is 0 Å². The van der Waals surface area contributed by atoms with E-state index in [0.717, 1.165) is 18.4 Å². The minimum atomic E-state index is -0.301. The van der Waals surface area contributed by atoms with Gasteiger partial charge in [-0.25, -0.2) is 0 Å². The van der Waals surface area contributed by atoms with Crippen LogP contribution in [0, 0.1) is 10.1 Å². The van der Waals surface area contributed by atoms with Crippen molar-refractivity contribution in [3.05, 3.63) is 61.8 Å². The van der Waals surface area contributed by atoms with E-state index in [2.05, 4.69) is 16.8 Å². The zero-order valence-electron chi connectivity index (χ0n) is 11.9. The van der Waals surface area contributed by atoms with Crippen molar-refractivity contribution in [1.82, 2.24) is 5.32 Å². The number of nitro groups is 1. The topological polar surface area (TPSA) is 55.2 Å². The Labute approximate surface area is 128 Å². The molecule has 1 N–H and O–H groups in total. The molecule has 0 saturated heterocycles. The first-order valence-corrected chi connectivity index (χ1v) is 8.10. The Hall–Kier alpha value is -1.72. The summed E-state index contributed by atoms with van der Waals surface area (Å²) in [5.74, 6) is 0. The van der Waals surface area contributed by atoms with Gasteiger partial charge in [0.15, 0.2) is 0 Å². The van der Waals surface area contributed by atoms with Crippen LogP contribution in [-0.2, 0) is 6.42 Å². The van der Waals surface area contributed by atoms with E-state index in [0.29, 0.717) is 6.04 Å². The lowest BCUT2D eigenvalue weighted by molar-refractivity contribution is -0.385. The highest BCUT2D eigenvalue weighted by atomic mass is 32.1. The first-order valence-electron chi connectivity index (χ1n) is 7.22. The van der Waals surface area contributed by atoms with E-state index in [9.17, 15) is 10.1 Å². The second-order valence-electron chi connectivity index (χ2n) is 5.45. The molecule has 2 unspecified atom stereocenters. The monoisotopic (exact) mass is 302 g/mol. The van der Waals surface area contributed by atoms with Crippen molar-refractivity contribution in [2.45, 2.75) is 38.3 Å². The zero-order chi connectivity index (χ0) is 14.8. The Morgan fingerprint density at radius 1 is 1.38 bits per heavy atom. The Bertz CT molecular complexity index is 653. The third kappa shape index (κ3) is 2.84. The molecule has 0 fully saturated rings. The van der Waals surface area contributed by atoms with Crippen LogP contribution in [0.2, 0.25) is 0 Å². The van der Waals surface area contributed by atoms with E-state index in [1.807, 2.05) is 30.4 Å². The number of benzene rings is 1. The summed E-state index contributed by atoms with van der Waals surface area (Å²) in [5.41, 5.74) is 2.32. The van der Waals surface area contributed by atoms with E-state index >= 15 is 0 Å². The largest absolute Gasteiger partial charge is 0.303 e. The summed E-state index contributed by atoms with van der Waals surface area (Å²) in [6.45, 7) is 2.00. The molecule has 1 aromatic heterocycles. The molecule has 0 amide bonds. The van der Waals surface area contributed by atoms with Gasteiger partial charge in [-0.2, -0.15) is 0 Å². The van der Waals surface area contributed by atoms with Crippen LogP contribution in [0.5, 0.6) is 0 Å². The van der Waals surface area contributed by atoms with Gasteiger partial charge in [0.05, 0.1) is 4.92 Å². The molecule has 0 aliphatic heterocycles. The number of fused-ring (bicyclic) bond motifs is 1. The maximum atomic E-state index is 11.2. The molecule has 1 aromatic carbocycles. The molecule has 110 valence electrons. The number of nitro benzene ring substituents is 1. The van der Waals surface area contributed by atoms with Crippen molar-refractivity contribution in [2.24, 2.45) is 0 Å². The first-order chi connectivity index (χ1) is 10.2. The molecule has 21 heavy (non-hydrogen) atoms. The quantitative estimate of drug-likeness (QED) is 0.673. The minimum Gasteiger partial charge on any atom is -0.303 e. The minimum absolute atomic E-state index is 0.0394. The average Bonchev–Trinajstić information content (AvgIpc) is 2.96. The van der Waals surface area contributed by atoms with Gasteiger partial charge in [-0.15, -0.1) is 11.3 Å². The van der Waals surface area contributed by atoms with Gasteiger partial charge in [0, 0.05) is 28.6 Å². The van der Waals surface area contributed by atoms with Gasteiger partial charge < -0.3 is 5.32 Å². The maximum Gasteiger partial charge on any atom is 0.274 e. The summed E-state index contributed by atoms with van der Waals surface area (Å²) >= 11 is 1.81. The molecule has 2 atom stereocenters. The van der Waals surface area contributed by atoms with Gasteiger partial charge in [0.25, 0.3) is 5.69 Å². The van der Waals surface area contributed by atoms with Crippen LogP contribution in [0.3, 0.4) is 0 Å². The average molecular weight is 302 g/mol. The fourth-order valence-corrected chi connectivity index (χ4v) is 4.06. The third-order valence-electron chi connectivity index (χ3n) is 4.10. The lowest BCUT2D eigenvalue weighted by atomic mass is 9.92. The first kappa shape index (κ1) is 14.2. The Morgan fingerprint density at radius 3 is 3.00 bits per heavy atom. The lowest BCUT2D eigenvalue weighted by Gasteiger charge is -2.27. The summed E-state index contributed by atoms with van der Waals surface area (Å²) in [6.07, 6.45) is 3.43. The molecule has 0 radical (unpaired) electrons. The van der Waals surface area contributed by atoms with Crippen LogP contribution >= 0.6 is 11.3 Å². The number of rotatable bonds is 4. The van der Waals surface area contributed by atoms with E-state index in [1.54, 1.807) is 12.1 Å². The molecule has 2 aromatic rings. The molecular formula is C16H18N2O2S. The Kier molecular flexibility index (Phi) is 4.03. The summed E-state index contributed by atoms with van der Waals surface area (Å²) in [7, 11) is 0. The number of aryl methyl sites for hydroxylation is 1. The van der Waals surface area contributed by atoms with Gasteiger partial charge in [-0.1, -0.05) is 18.2 Å². The van der Waals surface area contributed by atoms with E-state index in [-0.39, 0.29) is 16.7 Å². The van der Waals surface area contributed by atoms with Gasteiger partial charge in [-0.3, -0.25) is 10.1 Å². The van der Waals surface area contributed by atoms with Crippen LogP contribution in [-0.4, -0.2) is 4.92 Å². The van der Waals surface area contributed by atoms with Crippen molar-refractivity contribution in [1.29, 1.82) is 0 Å². The number of nitrogens with zero attached hydrogens (tertiary/aromatic N) is 1. The van der Waals surface area contributed by atoms with Crippen LogP contribution in [0.4, 0.5) is 5.69 Å². The van der Waals surface area contributed by atoms with Crippen molar-refractivity contribution < 1.29 is 4.92 Å². The molecule has 1 aliphatic carbocycles. The number of thiophene rings is 1. The smallest absolute Gasteiger partial charge is 0.274 e. The predicted octanol–water partition coefficient (Wildman–Crippen LogP) is 4.38. The highest BCUT2D eigenvalue weighted by Crippen LogP contribution is 2.35. The summed E-state index contributed by atoms with van der Waals surface area (Å²) in [6, 6.07) is 9.43. The van der Waals surface area contributed by atoms with E-state index in [4.69, 9.17) is 0 Å². The van der Waals surface area contributed by atoms with Crippen molar-refractivity contribution in [3.8, 4) is 0 Å². The number of para-hydroxylation sites is 1. The molecule has 4 nitrogen and oxygen atoms in total. The SMILES string of the molecule is CC(NC1CCCc2sccc21)c1ccccc1[N+](=O)[O-]. The normalized spacial score (nSPS) is 19.0. The van der Waals surface area contributed by atoms with E-state index < -0.39 is 0 Å². The van der Waals surface area contributed by atoms with Gasteiger partial charge in [-0.05, 0) is 43.2 Å². The van der Waals surface area contributed by atoms with Crippen molar-refractivity contribution >= 4 is 17.0 Å². The third-order valence-corrected chi connectivity index (χ3v) is 5.10. The summed E-state index contributed by atoms with van der Waals surface area (Å²) < 4.78 is 0. The summed E-state index contributed by atoms with van der Waals surface area (Å²) in [4.78, 5) is 12.3. The van der Waals surface area contributed by atoms with Crippen LogP contribution in [0.25, 0.3) is 0 Å². The Morgan fingerprint density at radius 2 is 2.19 bits per heavy atom. The highest BCUT2D eigenvalue weighted by molar-refractivity contribution is 7.10. The van der Waals surface area contributed by atoms with Gasteiger partial charge >= 0.3 is 0 Å².